The van der Waals surface area contributed by atoms with Crippen LogP contribution in [-0.2, 0) is 14.8 Å². The Morgan fingerprint density at radius 3 is 2.78 bits per heavy atom. The monoisotopic (exact) mass is 278 g/mol. The van der Waals surface area contributed by atoms with E-state index in [4.69, 9.17) is 4.74 Å². The van der Waals surface area contributed by atoms with Crippen molar-refractivity contribution >= 4 is 10.0 Å². The summed E-state index contributed by atoms with van der Waals surface area (Å²) in [6.45, 7) is 5.41. The summed E-state index contributed by atoms with van der Waals surface area (Å²) in [5, 5.41) is 3.17. The van der Waals surface area contributed by atoms with Gasteiger partial charge in [0, 0.05) is 25.2 Å². The fourth-order valence-corrected chi connectivity index (χ4v) is 4.06. The van der Waals surface area contributed by atoms with Crippen LogP contribution in [-0.4, -0.2) is 57.4 Å². The fraction of sp³-hybridized carbons (Fsp3) is 1.00. The molecule has 108 valence electrons. The summed E-state index contributed by atoms with van der Waals surface area (Å²) in [6, 6.07) is 0.266. The van der Waals surface area contributed by atoms with Crippen molar-refractivity contribution in [1.82, 2.24) is 9.62 Å². The molecule has 2 unspecified atom stereocenters. The average Bonchev–Trinajstić information content (AvgIpc) is 2.38. The highest BCUT2D eigenvalue weighted by molar-refractivity contribution is 7.89. The van der Waals surface area contributed by atoms with Gasteiger partial charge in [0.25, 0.3) is 0 Å². The SMILES string of the molecule is CCOCCS(=O)(=O)N1CCCCC1C(C)NC. The van der Waals surface area contributed by atoms with Gasteiger partial charge in [-0.05, 0) is 33.7 Å². The molecule has 6 heteroatoms. The number of ether oxygens (including phenoxy) is 1. The lowest BCUT2D eigenvalue weighted by Crippen LogP contribution is -2.53. The molecule has 5 nitrogen and oxygen atoms in total. The molecule has 1 heterocycles. The predicted molar refractivity (Wildman–Crippen MR) is 73.1 cm³/mol. The topological polar surface area (TPSA) is 58.6 Å². The average molecular weight is 278 g/mol. The molecule has 1 aliphatic rings. The summed E-state index contributed by atoms with van der Waals surface area (Å²) in [6.07, 6.45) is 3.00. The minimum atomic E-state index is -3.19. The van der Waals surface area contributed by atoms with E-state index >= 15 is 0 Å². The number of hydrogen-bond acceptors (Lipinski definition) is 4. The third kappa shape index (κ3) is 4.19. The zero-order valence-electron chi connectivity index (χ0n) is 11.7. The molecule has 0 aromatic heterocycles. The second-order valence-corrected chi connectivity index (χ2v) is 6.81. The molecular weight excluding hydrogens is 252 g/mol. The molecule has 0 bridgehead atoms. The van der Waals surface area contributed by atoms with Crippen LogP contribution < -0.4 is 5.32 Å². The lowest BCUT2D eigenvalue weighted by Gasteiger charge is -2.38. The van der Waals surface area contributed by atoms with E-state index in [1.165, 1.54) is 0 Å². The molecule has 1 aliphatic heterocycles. The molecule has 0 aliphatic carbocycles. The minimum Gasteiger partial charge on any atom is -0.381 e. The third-order valence-corrected chi connectivity index (χ3v) is 5.43. The number of nitrogens with zero attached hydrogens (tertiary/aromatic N) is 1. The lowest BCUT2D eigenvalue weighted by molar-refractivity contribution is 0.159. The largest absolute Gasteiger partial charge is 0.381 e. The summed E-state index contributed by atoms with van der Waals surface area (Å²) in [4.78, 5) is 0. The highest BCUT2D eigenvalue weighted by atomic mass is 32.2. The smallest absolute Gasteiger partial charge is 0.216 e. The molecule has 0 saturated carbocycles. The standard InChI is InChI=1S/C12H26N2O3S/c1-4-17-9-10-18(15,16)14-8-6-5-7-12(14)11(2)13-3/h11-13H,4-10H2,1-3H3. The van der Waals surface area contributed by atoms with Gasteiger partial charge in [0.15, 0.2) is 0 Å². The first kappa shape index (κ1) is 15.9. The van der Waals surface area contributed by atoms with Crippen LogP contribution in [0.3, 0.4) is 0 Å². The first-order valence-corrected chi connectivity index (χ1v) is 8.38. The van der Waals surface area contributed by atoms with E-state index in [1.54, 1.807) is 4.31 Å². The number of rotatable bonds is 7. The Balaban J connectivity index is 2.69. The van der Waals surface area contributed by atoms with Gasteiger partial charge < -0.3 is 10.1 Å². The van der Waals surface area contributed by atoms with Crippen molar-refractivity contribution in [3.63, 3.8) is 0 Å². The van der Waals surface area contributed by atoms with E-state index in [2.05, 4.69) is 5.32 Å². The van der Waals surface area contributed by atoms with Crippen LogP contribution >= 0.6 is 0 Å². The maximum Gasteiger partial charge on any atom is 0.216 e. The molecule has 0 radical (unpaired) electrons. The van der Waals surface area contributed by atoms with Crippen molar-refractivity contribution in [2.24, 2.45) is 0 Å². The van der Waals surface area contributed by atoms with Gasteiger partial charge in [0.05, 0.1) is 12.4 Å². The van der Waals surface area contributed by atoms with Gasteiger partial charge in [-0.1, -0.05) is 6.42 Å². The molecule has 1 rings (SSSR count). The predicted octanol–water partition coefficient (Wildman–Crippen LogP) is 0.815. The second-order valence-electron chi connectivity index (χ2n) is 4.76. The van der Waals surface area contributed by atoms with E-state index in [0.29, 0.717) is 13.2 Å². The zero-order chi connectivity index (χ0) is 13.6. The van der Waals surface area contributed by atoms with Crippen LogP contribution in [0.4, 0.5) is 0 Å². The van der Waals surface area contributed by atoms with E-state index in [1.807, 2.05) is 20.9 Å². The molecule has 2 atom stereocenters. The van der Waals surface area contributed by atoms with E-state index in [0.717, 1.165) is 19.3 Å². The molecule has 1 saturated heterocycles. The Hall–Kier alpha value is -0.170. The van der Waals surface area contributed by atoms with Gasteiger partial charge >= 0.3 is 0 Å². The minimum absolute atomic E-state index is 0.0791. The van der Waals surface area contributed by atoms with Gasteiger partial charge in [-0.3, -0.25) is 0 Å². The number of likely N-dealkylation sites (N-methyl/N-ethyl adjacent to an activating group) is 1. The lowest BCUT2D eigenvalue weighted by atomic mass is 9.99. The first-order valence-electron chi connectivity index (χ1n) is 6.77. The van der Waals surface area contributed by atoms with Crippen molar-refractivity contribution in [2.75, 3.05) is 32.6 Å². The second kappa shape index (κ2) is 7.43. The Kier molecular flexibility index (Phi) is 6.55. The Bertz CT molecular complexity index is 332. The highest BCUT2D eigenvalue weighted by Crippen LogP contribution is 2.23. The van der Waals surface area contributed by atoms with Gasteiger partial charge in [-0.25, -0.2) is 8.42 Å². The molecule has 0 aromatic carbocycles. The summed E-state index contributed by atoms with van der Waals surface area (Å²) in [5.41, 5.74) is 0. The molecule has 0 spiro atoms. The maximum atomic E-state index is 12.3. The molecule has 1 fully saturated rings. The normalized spacial score (nSPS) is 24.1. The molecule has 1 N–H and O–H groups in total. The fourth-order valence-electron chi connectivity index (χ4n) is 2.39. The van der Waals surface area contributed by atoms with Crippen LogP contribution in [0.25, 0.3) is 0 Å². The number of piperidine rings is 1. The highest BCUT2D eigenvalue weighted by Gasteiger charge is 2.34. The van der Waals surface area contributed by atoms with Gasteiger partial charge in [-0.2, -0.15) is 4.31 Å². The van der Waals surface area contributed by atoms with Crippen molar-refractivity contribution < 1.29 is 13.2 Å². The quantitative estimate of drug-likeness (QED) is 0.700. The van der Waals surface area contributed by atoms with Crippen molar-refractivity contribution in [3.8, 4) is 0 Å². The van der Waals surface area contributed by atoms with Crippen LogP contribution in [0.5, 0.6) is 0 Å². The Morgan fingerprint density at radius 1 is 1.44 bits per heavy atom. The Labute approximate surface area is 111 Å². The molecular formula is C12H26N2O3S. The van der Waals surface area contributed by atoms with Gasteiger partial charge in [0.2, 0.25) is 10.0 Å². The summed E-state index contributed by atoms with van der Waals surface area (Å²) >= 11 is 0. The van der Waals surface area contributed by atoms with Gasteiger partial charge in [0.1, 0.15) is 0 Å². The van der Waals surface area contributed by atoms with Crippen LogP contribution in [0.15, 0.2) is 0 Å². The van der Waals surface area contributed by atoms with Crippen LogP contribution in [0.1, 0.15) is 33.1 Å². The number of hydrogen-bond donors (Lipinski definition) is 1. The van der Waals surface area contributed by atoms with E-state index < -0.39 is 10.0 Å². The van der Waals surface area contributed by atoms with Crippen molar-refractivity contribution in [3.05, 3.63) is 0 Å². The molecule has 0 amide bonds. The third-order valence-electron chi connectivity index (χ3n) is 3.58. The van der Waals surface area contributed by atoms with Gasteiger partial charge in [-0.15, -0.1) is 0 Å². The van der Waals surface area contributed by atoms with Crippen molar-refractivity contribution in [2.45, 2.75) is 45.2 Å². The van der Waals surface area contributed by atoms with E-state index in [-0.39, 0.29) is 24.4 Å². The van der Waals surface area contributed by atoms with E-state index in [9.17, 15) is 8.42 Å². The maximum absolute atomic E-state index is 12.3. The number of nitrogens with one attached hydrogen (secondary N) is 1. The summed E-state index contributed by atoms with van der Waals surface area (Å²) < 4.78 is 31.5. The molecule has 18 heavy (non-hydrogen) atoms. The van der Waals surface area contributed by atoms with Crippen molar-refractivity contribution in [1.29, 1.82) is 0 Å². The Morgan fingerprint density at radius 2 is 2.17 bits per heavy atom. The zero-order valence-corrected chi connectivity index (χ0v) is 12.5. The first-order chi connectivity index (χ1) is 8.53. The van der Waals surface area contributed by atoms with Crippen LogP contribution in [0, 0.1) is 0 Å². The molecule has 0 aromatic rings. The summed E-state index contributed by atoms with van der Waals surface area (Å²) in [5.74, 6) is 0.0910. The van der Waals surface area contributed by atoms with Crippen LogP contribution in [0.2, 0.25) is 0 Å². The summed E-state index contributed by atoms with van der Waals surface area (Å²) in [7, 11) is -1.31. The number of sulfonamides is 1.